The van der Waals surface area contributed by atoms with Crippen LogP contribution in [0.1, 0.15) is 0 Å². The van der Waals surface area contributed by atoms with Crippen molar-refractivity contribution in [2.45, 2.75) is 0 Å². The summed E-state index contributed by atoms with van der Waals surface area (Å²) in [5.41, 5.74) is 8.52. The van der Waals surface area contributed by atoms with Crippen LogP contribution in [0.5, 0.6) is 0 Å². The van der Waals surface area contributed by atoms with Crippen LogP contribution in [-0.2, 0) is 0 Å². The molecule has 0 spiro atoms. The largest absolute Gasteiger partial charge is 0.354 e. The molecule has 34 heavy (non-hydrogen) atoms. The molecule has 0 aliphatic carbocycles. The minimum atomic E-state index is 0.649. The van der Waals surface area contributed by atoms with Gasteiger partial charge in [-0.25, -0.2) is 0 Å². The van der Waals surface area contributed by atoms with Crippen molar-refractivity contribution in [3.8, 4) is 22.4 Å². The van der Waals surface area contributed by atoms with E-state index in [-0.39, 0.29) is 0 Å². The van der Waals surface area contributed by atoms with Crippen molar-refractivity contribution < 1.29 is 0 Å². The molecular weight excluding hydrogens is 553 g/mol. The third kappa shape index (κ3) is 2.85. The molecular formula is C29H17ClIN3. The topological polar surface area (TPSA) is 44.5 Å². The van der Waals surface area contributed by atoms with Crippen molar-refractivity contribution in [1.29, 1.82) is 0 Å². The Morgan fingerprint density at radius 3 is 1.79 bits per heavy atom. The van der Waals surface area contributed by atoms with E-state index >= 15 is 0 Å². The highest BCUT2D eigenvalue weighted by Crippen LogP contribution is 2.43. The molecule has 162 valence electrons. The van der Waals surface area contributed by atoms with Gasteiger partial charge in [0.2, 0.25) is 0 Å². The number of pyridine rings is 1. The van der Waals surface area contributed by atoms with E-state index in [1.165, 1.54) is 21.5 Å². The van der Waals surface area contributed by atoms with Crippen LogP contribution in [-0.4, -0.2) is 15.0 Å². The van der Waals surface area contributed by atoms with E-state index in [4.69, 9.17) is 16.6 Å². The summed E-state index contributed by atoms with van der Waals surface area (Å²) in [6.07, 6.45) is 1.76. The number of hydrogen-bond donors (Lipinski definition) is 2. The Balaban J connectivity index is 1.59. The molecule has 3 nitrogen and oxygen atoms in total. The molecule has 3 aromatic heterocycles. The third-order valence-corrected chi connectivity index (χ3v) is 8.31. The van der Waals surface area contributed by atoms with Gasteiger partial charge in [0.1, 0.15) is 0 Å². The molecule has 3 heterocycles. The maximum absolute atomic E-state index is 6.65. The summed E-state index contributed by atoms with van der Waals surface area (Å²) in [7, 11) is 0. The van der Waals surface area contributed by atoms with Gasteiger partial charge in [-0.1, -0.05) is 84.4 Å². The monoisotopic (exact) mass is 569 g/mol. The molecule has 0 fully saturated rings. The fourth-order valence-electron chi connectivity index (χ4n) is 5.07. The molecule has 0 aliphatic rings. The van der Waals surface area contributed by atoms with Gasteiger partial charge in [0.05, 0.1) is 21.7 Å². The number of rotatable bonds is 2. The minimum Gasteiger partial charge on any atom is -0.354 e. The summed E-state index contributed by atoms with van der Waals surface area (Å²) in [5.74, 6) is 0. The molecule has 0 bridgehead atoms. The number of nitrogens with zero attached hydrogens (tertiary/aromatic N) is 1. The Labute approximate surface area is 213 Å². The number of aromatic nitrogens is 3. The molecule has 5 heteroatoms. The third-order valence-electron chi connectivity index (χ3n) is 6.58. The lowest BCUT2D eigenvalue weighted by Gasteiger charge is -2.14. The first kappa shape index (κ1) is 20.1. The standard InChI is InChI=1S/C29H17ClIN3/c30-22-15-32-29(21-12-6-10-19-17-8-2-4-14-24(17)34-28(19)21)25(26(22)31)20-11-5-9-18-16-7-1-3-13-23(16)33-27(18)20/h1-15,33-34H. The van der Waals surface area contributed by atoms with Crippen LogP contribution < -0.4 is 0 Å². The molecule has 0 unspecified atom stereocenters. The van der Waals surface area contributed by atoms with Crippen LogP contribution >= 0.6 is 34.2 Å². The van der Waals surface area contributed by atoms with Crippen molar-refractivity contribution in [3.63, 3.8) is 0 Å². The van der Waals surface area contributed by atoms with E-state index in [9.17, 15) is 0 Å². The zero-order valence-corrected chi connectivity index (χ0v) is 20.8. The number of H-pyrrole nitrogens is 2. The van der Waals surface area contributed by atoms with Gasteiger partial charge in [0, 0.05) is 59.0 Å². The molecule has 0 amide bonds. The van der Waals surface area contributed by atoms with Crippen molar-refractivity contribution in [2.24, 2.45) is 0 Å². The molecule has 0 aliphatic heterocycles. The van der Waals surface area contributed by atoms with Gasteiger partial charge in [-0.3, -0.25) is 4.98 Å². The highest BCUT2D eigenvalue weighted by Gasteiger charge is 2.21. The first-order valence-corrected chi connectivity index (χ1v) is 12.5. The van der Waals surface area contributed by atoms with Crippen LogP contribution in [0, 0.1) is 3.57 Å². The summed E-state index contributed by atoms with van der Waals surface area (Å²) in [4.78, 5) is 12.2. The summed E-state index contributed by atoms with van der Waals surface area (Å²) in [6, 6.07) is 29.7. The number of benzene rings is 4. The number of nitrogens with one attached hydrogen (secondary N) is 2. The van der Waals surface area contributed by atoms with E-state index in [2.05, 4.69) is 117 Å². The number of para-hydroxylation sites is 4. The molecule has 7 aromatic rings. The Morgan fingerprint density at radius 2 is 1.15 bits per heavy atom. The lowest BCUT2D eigenvalue weighted by atomic mass is 9.96. The molecule has 0 saturated carbocycles. The minimum absolute atomic E-state index is 0.649. The number of aromatic amines is 2. The highest BCUT2D eigenvalue weighted by molar-refractivity contribution is 14.1. The van der Waals surface area contributed by atoms with Crippen molar-refractivity contribution >= 4 is 77.8 Å². The second-order valence-electron chi connectivity index (χ2n) is 8.44. The maximum atomic E-state index is 6.65. The predicted molar refractivity (Wildman–Crippen MR) is 152 cm³/mol. The number of hydrogen-bond acceptors (Lipinski definition) is 1. The lowest BCUT2D eigenvalue weighted by molar-refractivity contribution is 1.31. The van der Waals surface area contributed by atoms with Crippen molar-refractivity contribution in [3.05, 3.63) is 99.7 Å². The van der Waals surface area contributed by atoms with Crippen LogP contribution in [0.2, 0.25) is 5.02 Å². The van der Waals surface area contributed by atoms with Gasteiger partial charge in [-0.2, -0.15) is 0 Å². The molecule has 0 saturated heterocycles. The fourth-order valence-corrected chi connectivity index (χ4v) is 5.90. The van der Waals surface area contributed by atoms with Crippen molar-refractivity contribution in [2.75, 3.05) is 0 Å². The van der Waals surface area contributed by atoms with Gasteiger partial charge in [0.15, 0.2) is 0 Å². The fraction of sp³-hybridized carbons (Fsp3) is 0. The van der Waals surface area contributed by atoms with E-state index in [1.807, 2.05) is 0 Å². The van der Waals surface area contributed by atoms with Crippen LogP contribution in [0.15, 0.2) is 91.1 Å². The van der Waals surface area contributed by atoms with E-state index in [0.29, 0.717) is 5.02 Å². The SMILES string of the molecule is Clc1cnc(-c2cccc3c2[nH]c2ccccc23)c(-c2cccc3c2[nH]c2ccccc23)c1I. The number of halogens is 2. The van der Waals surface area contributed by atoms with Gasteiger partial charge in [-0.05, 0) is 34.7 Å². The zero-order chi connectivity index (χ0) is 22.8. The smallest absolute Gasteiger partial charge is 0.0814 e. The average molecular weight is 570 g/mol. The summed E-state index contributed by atoms with van der Waals surface area (Å²) < 4.78 is 0.989. The maximum Gasteiger partial charge on any atom is 0.0814 e. The first-order chi connectivity index (χ1) is 16.7. The predicted octanol–water partition coefficient (Wildman–Crippen LogP) is 8.94. The molecule has 7 rings (SSSR count). The second kappa shape index (κ2) is 7.58. The normalized spacial score (nSPS) is 11.8. The number of fused-ring (bicyclic) bond motifs is 6. The lowest BCUT2D eigenvalue weighted by Crippen LogP contribution is -1.95. The average Bonchev–Trinajstić information content (AvgIpc) is 3.44. The quantitative estimate of drug-likeness (QED) is 0.201. The highest BCUT2D eigenvalue weighted by atomic mass is 127. The van der Waals surface area contributed by atoms with Crippen LogP contribution in [0.25, 0.3) is 66.0 Å². The Kier molecular flexibility index (Phi) is 4.47. The Bertz CT molecular complexity index is 1900. The van der Waals surface area contributed by atoms with E-state index in [1.54, 1.807) is 6.20 Å². The van der Waals surface area contributed by atoms with Crippen LogP contribution in [0.4, 0.5) is 0 Å². The van der Waals surface area contributed by atoms with Crippen molar-refractivity contribution in [1.82, 2.24) is 15.0 Å². The molecule has 0 radical (unpaired) electrons. The first-order valence-electron chi connectivity index (χ1n) is 11.0. The zero-order valence-electron chi connectivity index (χ0n) is 17.9. The summed E-state index contributed by atoms with van der Waals surface area (Å²) >= 11 is 9.00. The Hall–Kier alpha value is -3.35. The van der Waals surface area contributed by atoms with Gasteiger partial charge >= 0.3 is 0 Å². The summed E-state index contributed by atoms with van der Waals surface area (Å²) in [5, 5.41) is 5.45. The second-order valence-corrected chi connectivity index (χ2v) is 9.93. The van der Waals surface area contributed by atoms with Gasteiger partial charge in [-0.15, -0.1) is 0 Å². The van der Waals surface area contributed by atoms with E-state index < -0.39 is 0 Å². The summed E-state index contributed by atoms with van der Waals surface area (Å²) in [6.45, 7) is 0. The molecule has 0 atom stereocenters. The molecule has 2 N–H and O–H groups in total. The van der Waals surface area contributed by atoms with Crippen LogP contribution in [0.3, 0.4) is 0 Å². The van der Waals surface area contributed by atoms with Gasteiger partial charge < -0.3 is 9.97 Å². The van der Waals surface area contributed by atoms with E-state index in [0.717, 1.165) is 48.0 Å². The van der Waals surface area contributed by atoms with Gasteiger partial charge in [0.25, 0.3) is 0 Å². The Morgan fingerprint density at radius 1 is 0.618 bits per heavy atom. The molecule has 4 aromatic carbocycles.